The van der Waals surface area contributed by atoms with Gasteiger partial charge in [0.1, 0.15) is 15.8 Å². The van der Waals surface area contributed by atoms with Crippen molar-refractivity contribution >= 4 is 29.2 Å². The number of hydrogen-bond donors (Lipinski definition) is 0. The van der Waals surface area contributed by atoms with Crippen LogP contribution in [-0.4, -0.2) is 12.1 Å². The van der Waals surface area contributed by atoms with Gasteiger partial charge in [-0.2, -0.15) is 13.2 Å². The van der Waals surface area contributed by atoms with E-state index in [9.17, 15) is 18.0 Å². The molecule has 0 radical (unpaired) electrons. The predicted octanol–water partition coefficient (Wildman–Crippen LogP) is 3.84. The van der Waals surface area contributed by atoms with Gasteiger partial charge in [-0.15, -0.1) is 0 Å². The molecule has 0 atom stereocenters. The first-order chi connectivity index (χ1) is 7.82. The minimum absolute atomic E-state index is 0.0716. The van der Waals surface area contributed by atoms with E-state index >= 15 is 0 Å². The van der Waals surface area contributed by atoms with Crippen LogP contribution < -0.4 is 4.74 Å². The van der Waals surface area contributed by atoms with Crippen molar-refractivity contribution < 1.29 is 22.7 Å². The zero-order valence-corrected chi connectivity index (χ0v) is 9.60. The van der Waals surface area contributed by atoms with Crippen LogP contribution in [-0.2, 0) is 4.79 Å². The lowest BCUT2D eigenvalue weighted by molar-refractivity contribution is -0.130. The van der Waals surface area contributed by atoms with Crippen LogP contribution in [0.15, 0.2) is 40.4 Å². The van der Waals surface area contributed by atoms with Crippen molar-refractivity contribution in [3.8, 4) is 5.75 Å². The Hall–Kier alpha value is -1.20. The lowest BCUT2D eigenvalue weighted by atomic mass is 10.3. The summed E-state index contributed by atoms with van der Waals surface area (Å²) in [6.07, 6.45) is -4.88. The van der Waals surface area contributed by atoms with Gasteiger partial charge in [-0.05, 0) is 12.1 Å². The minimum Gasteiger partial charge on any atom is -0.422 e. The Labute approximate surface area is 105 Å². The molecule has 0 aromatic heterocycles. The van der Waals surface area contributed by atoms with Gasteiger partial charge in [-0.25, -0.2) is 4.79 Å². The number of alkyl halides is 3. The summed E-state index contributed by atoms with van der Waals surface area (Å²) in [5.41, 5.74) is 0. The fourth-order valence-corrected chi connectivity index (χ4v) is 1.08. The molecular weight excluding hydrogens is 280 g/mol. The Morgan fingerprint density at radius 2 is 1.65 bits per heavy atom. The molecule has 92 valence electrons. The third-order valence-corrected chi connectivity index (χ3v) is 2.42. The molecule has 1 aromatic rings. The summed E-state index contributed by atoms with van der Waals surface area (Å²) < 4.78 is 40.9. The third kappa shape index (κ3) is 3.94. The number of rotatable bonds is 2. The van der Waals surface area contributed by atoms with Gasteiger partial charge in [0.05, 0.1) is 0 Å². The van der Waals surface area contributed by atoms with Crippen molar-refractivity contribution in [3.05, 3.63) is 40.4 Å². The Balaban J connectivity index is 2.85. The maximum absolute atomic E-state index is 12.1. The number of hydrogen-bond acceptors (Lipinski definition) is 2. The maximum Gasteiger partial charge on any atom is 0.428 e. The Morgan fingerprint density at radius 3 is 2.12 bits per heavy atom. The molecule has 0 bridgehead atoms. The van der Waals surface area contributed by atoms with E-state index in [1.807, 2.05) is 0 Å². The van der Waals surface area contributed by atoms with E-state index in [0.29, 0.717) is 0 Å². The van der Waals surface area contributed by atoms with Gasteiger partial charge < -0.3 is 4.74 Å². The van der Waals surface area contributed by atoms with Crippen LogP contribution >= 0.6 is 23.2 Å². The normalized spacial score (nSPS) is 13.0. The molecule has 2 nitrogen and oxygen atoms in total. The molecule has 0 fully saturated rings. The zero-order chi connectivity index (χ0) is 13.1. The van der Waals surface area contributed by atoms with E-state index < -0.39 is 22.2 Å². The molecule has 0 unspecified atom stereocenters. The Kier molecular flexibility index (Phi) is 4.42. The number of ether oxygens (including phenoxy) is 1. The monoisotopic (exact) mass is 284 g/mol. The highest BCUT2D eigenvalue weighted by molar-refractivity contribution is 6.47. The van der Waals surface area contributed by atoms with Crippen molar-refractivity contribution in [1.29, 1.82) is 0 Å². The van der Waals surface area contributed by atoms with Gasteiger partial charge in [0.2, 0.25) is 0 Å². The number of allylic oxidation sites excluding steroid dienone is 1. The maximum atomic E-state index is 12.1. The number of benzene rings is 1. The highest BCUT2D eigenvalue weighted by Gasteiger charge is 2.37. The van der Waals surface area contributed by atoms with Crippen molar-refractivity contribution in [3.63, 3.8) is 0 Å². The Morgan fingerprint density at radius 1 is 1.12 bits per heavy atom. The van der Waals surface area contributed by atoms with E-state index in [-0.39, 0.29) is 5.75 Å². The molecule has 7 heteroatoms. The molecular formula is C10H5Cl2F3O2. The fourth-order valence-electron chi connectivity index (χ4n) is 0.854. The summed E-state index contributed by atoms with van der Waals surface area (Å²) in [6.45, 7) is 0. The van der Waals surface area contributed by atoms with Crippen LogP contribution in [0, 0.1) is 0 Å². The summed E-state index contributed by atoms with van der Waals surface area (Å²) in [5.74, 6) is -1.29. The van der Waals surface area contributed by atoms with Crippen LogP contribution in [0.25, 0.3) is 0 Å². The first kappa shape index (κ1) is 13.9. The average molecular weight is 285 g/mol. The predicted molar refractivity (Wildman–Crippen MR) is 56.9 cm³/mol. The third-order valence-electron chi connectivity index (χ3n) is 1.57. The molecule has 0 saturated heterocycles. The minimum atomic E-state index is -4.88. The second-order valence-corrected chi connectivity index (χ2v) is 3.58. The van der Waals surface area contributed by atoms with E-state index in [4.69, 9.17) is 23.2 Å². The van der Waals surface area contributed by atoms with Crippen molar-refractivity contribution in [2.75, 3.05) is 0 Å². The van der Waals surface area contributed by atoms with E-state index in [0.717, 1.165) is 0 Å². The molecule has 0 N–H and O–H groups in total. The van der Waals surface area contributed by atoms with Crippen LogP contribution in [0.4, 0.5) is 13.2 Å². The summed E-state index contributed by atoms with van der Waals surface area (Å²) in [4.78, 5) is 11.2. The largest absolute Gasteiger partial charge is 0.428 e. The molecule has 0 amide bonds. The first-order valence-electron chi connectivity index (χ1n) is 4.22. The molecule has 0 heterocycles. The summed E-state index contributed by atoms with van der Waals surface area (Å²) in [6, 6.07) is 7.53. The zero-order valence-electron chi connectivity index (χ0n) is 8.09. The SMILES string of the molecule is O=C(Oc1ccccc1)C(Cl)=C(Cl)C(F)(F)F. The molecule has 0 saturated carbocycles. The molecule has 0 aliphatic carbocycles. The van der Waals surface area contributed by atoms with Crippen molar-refractivity contribution in [2.45, 2.75) is 6.18 Å². The highest BCUT2D eigenvalue weighted by Crippen LogP contribution is 2.33. The molecule has 0 spiro atoms. The summed E-state index contributed by atoms with van der Waals surface area (Å²) in [5, 5.41) is -2.91. The van der Waals surface area contributed by atoms with Gasteiger partial charge in [0, 0.05) is 0 Å². The lowest BCUT2D eigenvalue weighted by Gasteiger charge is -2.07. The number of halogens is 5. The van der Waals surface area contributed by atoms with Crippen LogP contribution in [0.5, 0.6) is 5.75 Å². The molecule has 1 aromatic carbocycles. The van der Waals surface area contributed by atoms with E-state index in [1.54, 1.807) is 18.2 Å². The quantitative estimate of drug-likeness (QED) is 0.469. The second kappa shape index (κ2) is 5.42. The molecule has 0 aliphatic heterocycles. The number of carbonyl (C=O) groups is 1. The van der Waals surface area contributed by atoms with Gasteiger partial charge in [0.15, 0.2) is 0 Å². The second-order valence-electron chi connectivity index (χ2n) is 2.83. The highest BCUT2D eigenvalue weighted by atomic mass is 35.5. The van der Waals surface area contributed by atoms with Gasteiger partial charge in [0.25, 0.3) is 0 Å². The van der Waals surface area contributed by atoms with Crippen LogP contribution in [0.3, 0.4) is 0 Å². The van der Waals surface area contributed by atoms with Crippen LogP contribution in [0.2, 0.25) is 0 Å². The standard InChI is InChI=1S/C10H5Cl2F3O2/c11-7(8(12)10(13,14)15)9(16)17-6-4-2-1-3-5-6/h1-5H. The van der Waals surface area contributed by atoms with Gasteiger partial charge in [-0.1, -0.05) is 41.4 Å². The van der Waals surface area contributed by atoms with Gasteiger partial charge in [-0.3, -0.25) is 0 Å². The van der Waals surface area contributed by atoms with E-state index in [1.165, 1.54) is 12.1 Å². The number of esters is 1. The molecule has 0 aliphatic rings. The fraction of sp³-hybridized carbons (Fsp3) is 0.100. The molecule has 17 heavy (non-hydrogen) atoms. The van der Waals surface area contributed by atoms with Crippen molar-refractivity contribution in [1.82, 2.24) is 0 Å². The smallest absolute Gasteiger partial charge is 0.422 e. The molecule has 1 rings (SSSR count). The average Bonchev–Trinajstić information content (AvgIpc) is 2.27. The topological polar surface area (TPSA) is 26.3 Å². The van der Waals surface area contributed by atoms with Crippen LogP contribution in [0.1, 0.15) is 0 Å². The summed E-state index contributed by atoms with van der Waals surface area (Å²) in [7, 11) is 0. The van der Waals surface area contributed by atoms with Crippen molar-refractivity contribution in [2.24, 2.45) is 0 Å². The van der Waals surface area contributed by atoms with E-state index in [2.05, 4.69) is 4.74 Å². The number of para-hydroxylation sites is 1. The first-order valence-corrected chi connectivity index (χ1v) is 4.97. The Bertz CT molecular complexity index is 441. The van der Waals surface area contributed by atoms with Gasteiger partial charge >= 0.3 is 12.1 Å². The number of carbonyl (C=O) groups excluding carboxylic acids is 1. The summed E-state index contributed by atoms with van der Waals surface area (Å²) >= 11 is 10.1. The lowest BCUT2D eigenvalue weighted by Crippen LogP contribution is -2.15.